The number of nitrogens with one attached hydrogen (secondary N) is 3. The molecular formula is C21H27ClN4O. The molecule has 0 radical (unpaired) electrons. The maximum atomic E-state index is 12.3. The number of nitrogens with zero attached hydrogens (tertiary/aromatic N) is 1. The van der Waals surface area contributed by atoms with Crippen LogP contribution in [-0.2, 0) is 13.1 Å². The third-order valence-electron chi connectivity index (χ3n) is 3.73. The molecule has 0 aromatic heterocycles. The standard InChI is InChI=1S/C21H27ClN4O/c1-21(2,3)26-19(27)17-7-5-6-16(12-17)14-25-20(23-4)24-13-15-8-10-18(22)11-9-15/h5-12H,13-14H2,1-4H3,(H,26,27)(H2,23,24,25). The number of aliphatic imine (C=N–C) groups is 1. The molecule has 2 aromatic carbocycles. The van der Waals surface area contributed by atoms with E-state index in [9.17, 15) is 4.79 Å². The Morgan fingerprint density at radius 2 is 1.63 bits per heavy atom. The smallest absolute Gasteiger partial charge is 0.251 e. The van der Waals surface area contributed by atoms with Crippen LogP contribution >= 0.6 is 11.6 Å². The largest absolute Gasteiger partial charge is 0.352 e. The highest BCUT2D eigenvalue weighted by molar-refractivity contribution is 6.30. The Morgan fingerprint density at radius 3 is 2.22 bits per heavy atom. The predicted molar refractivity (Wildman–Crippen MR) is 112 cm³/mol. The van der Waals surface area contributed by atoms with Gasteiger partial charge in [-0.3, -0.25) is 9.79 Å². The first-order chi connectivity index (χ1) is 12.8. The lowest BCUT2D eigenvalue weighted by molar-refractivity contribution is 0.0919. The monoisotopic (exact) mass is 386 g/mol. The highest BCUT2D eigenvalue weighted by Gasteiger charge is 2.15. The van der Waals surface area contributed by atoms with Gasteiger partial charge in [-0.15, -0.1) is 0 Å². The van der Waals surface area contributed by atoms with Gasteiger partial charge in [0.2, 0.25) is 0 Å². The molecule has 5 nitrogen and oxygen atoms in total. The van der Waals surface area contributed by atoms with Crippen LogP contribution in [0.3, 0.4) is 0 Å². The molecule has 0 aliphatic rings. The van der Waals surface area contributed by atoms with Gasteiger partial charge in [0.15, 0.2) is 5.96 Å². The second-order valence-electron chi connectivity index (χ2n) is 7.31. The molecule has 0 aliphatic heterocycles. The van der Waals surface area contributed by atoms with Crippen molar-refractivity contribution in [2.45, 2.75) is 39.4 Å². The van der Waals surface area contributed by atoms with Gasteiger partial charge in [0.25, 0.3) is 5.91 Å². The van der Waals surface area contributed by atoms with Gasteiger partial charge in [-0.2, -0.15) is 0 Å². The first-order valence-electron chi connectivity index (χ1n) is 8.87. The molecule has 27 heavy (non-hydrogen) atoms. The number of carbonyl (C=O) groups excluding carboxylic acids is 1. The zero-order valence-electron chi connectivity index (χ0n) is 16.3. The number of rotatable bonds is 5. The van der Waals surface area contributed by atoms with Gasteiger partial charge >= 0.3 is 0 Å². The lowest BCUT2D eigenvalue weighted by Gasteiger charge is -2.20. The topological polar surface area (TPSA) is 65.5 Å². The summed E-state index contributed by atoms with van der Waals surface area (Å²) in [5.41, 5.74) is 2.50. The molecule has 0 fully saturated rings. The van der Waals surface area contributed by atoms with E-state index in [0.717, 1.165) is 16.1 Å². The maximum Gasteiger partial charge on any atom is 0.251 e. The molecule has 3 N–H and O–H groups in total. The van der Waals surface area contributed by atoms with E-state index < -0.39 is 0 Å². The minimum Gasteiger partial charge on any atom is -0.352 e. The summed E-state index contributed by atoms with van der Waals surface area (Å²) in [6.45, 7) is 7.10. The summed E-state index contributed by atoms with van der Waals surface area (Å²) in [4.78, 5) is 16.5. The number of benzene rings is 2. The van der Waals surface area contributed by atoms with Crippen LogP contribution in [0.5, 0.6) is 0 Å². The quantitative estimate of drug-likeness (QED) is 0.541. The van der Waals surface area contributed by atoms with Crippen molar-refractivity contribution in [1.29, 1.82) is 0 Å². The molecule has 2 rings (SSSR count). The summed E-state index contributed by atoms with van der Waals surface area (Å²) in [5, 5.41) is 10.2. The molecule has 144 valence electrons. The van der Waals surface area contributed by atoms with Crippen LogP contribution in [-0.4, -0.2) is 24.5 Å². The minimum atomic E-state index is -0.265. The van der Waals surface area contributed by atoms with E-state index in [1.807, 2.05) is 69.3 Å². The summed E-state index contributed by atoms with van der Waals surface area (Å²) < 4.78 is 0. The lowest BCUT2D eigenvalue weighted by Crippen LogP contribution is -2.40. The Labute approximate surface area is 166 Å². The zero-order valence-corrected chi connectivity index (χ0v) is 17.0. The summed E-state index contributed by atoms with van der Waals surface area (Å²) in [6.07, 6.45) is 0. The Morgan fingerprint density at radius 1 is 1.00 bits per heavy atom. The van der Waals surface area contributed by atoms with E-state index in [4.69, 9.17) is 11.6 Å². The van der Waals surface area contributed by atoms with Crippen LogP contribution in [0.4, 0.5) is 0 Å². The van der Waals surface area contributed by atoms with Crippen LogP contribution in [0.1, 0.15) is 42.3 Å². The molecule has 0 saturated heterocycles. The Balaban J connectivity index is 1.91. The molecule has 0 aliphatic carbocycles. The minimum absolute atomic E-state index is 0.0744. The Bertz CT molecular complexity index is 795. The van der Waals surface area contributed by atoms with Crippen LogP contribution in [0.2, 0.25) is 5.02 Å². The summed E-state index contributed by atoms with van der Waals surface area (Å²) >= 11 is 5.90. The van der Waals surface area contributed by atoms with Crippen molar-refractivity contribution in [1.82, 2.24) is 16.0 Å². The van der Waals surface area contributed by atoms with E-state index in [1.165, 1.54) is 0 Å². The summed E-state index contributed by atoms with van der Waals surface area (Å²) in [5.74, 6) is 0.615. The van der Waals surface area contributed by atoms with Gasteiger partial charge in [0.1, 0.15) is 0 Å². The fourth-order valence-corrected chi connectivity index (χ4v) is 2.56. The van der Waals surface area contributed by atoms with Crippen molar-refractivity contribution in [2.75, 3.05) is 7.05 Å². The maximum absolute atomic E-state index is 12.3. The molecule has 2 aromatic rings. The molecule has 6 heteroatoms. The fourth-order valence-electron chi connectivity index (χ4n) is 2.43. The molecule has 0 unspecified atom stereocenters. The zero-order chi connectivity index (χ0) is 19.9. The van der Waals surface area contributed by atoms with Crippen molar-refractivity contribution >= 4 is 23.5 Å². The van der Waals surface area contributed by atoms with E-state index >= 15 is 0 Å². The van der Waals surface area contributed by atoms with Gasteiger partial charge < -0.3 is 16.0 Å². The molecule has 0 saturated carbocycles. The molecule has 1 amide bonds. The molecule has 0 heterocycles. The van der Waals surface area contributed by atoms with Crippen molar-refractivity contribution in [3.05, 3.63) is 70.2 Å². The first kappa shape index (κ1) is 20.8. The van der Waals surface area contributed by atoms with Gasteiger partial charge in [-0.25, -0.2) is 0 Å². The molecule has 0 atom stereocenters. The Hall–Kier alpha value is -2.53. The van der Waals surface area contributed by atoms with Gasteiger partial charge in [0.05, 0.1) is 0 Å². The second-order valence-corrected chi connectivity index (χ2v) is 7.75. The average Bonchev–Trinajstić information content (AvgIpc) is 2.62. The van der Waals surface area contributed by atoms with Crippen LogP contribution in [0.15, 0.2) is 53.5 Å². The van der Waals surface area contributed by atoms with E-state index in [2.05, 4.69) is 20.9 Å². The fraction of sp³-hybridized carbons (Fsp3) is 0.333. The number of guanidine groups is 1. The van der Waals surface area contributed by atoms with Crippen LogP contribution < -0.4 is 16.0 Å². The van der Waals surface area contributed by atoms with E-state index in [0.29, 0.717) is 24.6 Å². The third-order valence-corrected chi connectivity index (χ3v) is 3.99. The summed E-state index contributed by atoms with van der Waals surface area (Å²) in [6, 6.07) is 15.2. The normalized spacial score (nSPS) is 11.8. The average molecular weight is 387 g/mol. The first-order valence-corrected chi connectivity index (χ1v) is 9.25. The highest BCUT2D eigenvalue weighted by atomic mass is 35.5. The van der Waals surface area contributed by atoms with Crippen molar-refractivity contribution in [2.24, 2.45) is 4.99 Å². The number of carbonyl (C=O) groups is 1. The molecule has 0 bridgehead atoms. The highest BCUT2D eigenvalue weighted by Crippen LogP contribution is 2.10. The van der Waals surface area contributed by atoms with Crippen molar-refractivity contribution < 1.29 is 4.79 Å². The van der Waals surface area contributed by atoms with E-state index in [-0.39, 0.29) is 11.4 Å². The number of amides is 1. The van der Waals surface area contributed by atoms with Crippen molar-refractivity contribution in [3.8, 4) is 0 Å². The second kappa shape index (κ2) is 9.42. The number of hydrogen-bond acceptors (Lipinski definition) is 2. The van der Waals surface area contributed by atoms with Gasteiger partial charge in [-0.1, -0.05) is 35.9 Å². The number of hydrogen-bond donors (Lipinski definition) is 3. The Kier molecular flexibility index (Phi) is 7.25. The van der Waals surface area contributed by atoms with Crippen LogP contribution in [0.25, 0.3) is 0 Å². The van der Waals surface area contributed by atoms with Crippen LogP contribution in [0, 0.1) is 0 Å². The molecular weight excluding hydrogens is 360 g/mol. The molecule has 0 spiro atoms. The predicted octanol–water partition coefficient (Wildman–Crippen LogP) is 3.73. The number of halogens is 1. The summed E-state index contributed by atoms with van der Waals surface area (Å²) in [7, 11) is 1.73. The van der Waals surface area contributed by atoms with Gasteiger partial charge in [0, 0.05) is 36.3 Å². The van der Waals surface area contributed by atoms with E-state index in [1.54, 1.807) is 7.05 Å². The SMILES string of the molecule is CN=C(NCc1ccc(Cl)cc1)NCc1cccc(C(=O)NC(C)(C)C)c1. The van der Waals surface area contributed by atoms with Gasteiger partial charge in [-0.05, 0) is 56.2 Å². The third kappa shape index (κ3) is 7.31. The van der Waals surface area contributed by atoms with Crippen molar-refractivity contribution in [3.63, 3.8) is 0 Å². The lowest BCUT2D eigenvalue weighted by atomic mass is 10.1.